The van der Waals surface area contributed by atoms with Crippen LogP contribution in [0.3, 0.4) is 0 Å². The molecule has 1 aromatic heterocycles. The minimum absolute atomic E-state index is 0.0347. The van der Waals surface area contributed by atoms with Crippen LogP contribution in [-0.4, -0.2) is 50.7 Å². The molecule has 1 aliphatic heterocycles. The number of morpholine rings is 1. The van der Waals surface area contributed by atoms with E-state index < -0.39 is 21.5 Å². The van der Waals surface area contributed by atoms with Crippen LogP contribution >= 0.6 is 0 Å². The number of pyridine rings is 1. The minimum atomic E-state index is -4.16. The lowest BCUT2D eigenvalue weighted by Crippen LogP contribution is -2.44. The van der Waals surface area contributed by atoms with Gasteiger partial charge in [0.25, 0.3) is 15.9 Å². The molecule has 0 unspecified atom stereocenters. The number of aryl methyl sites for hydroxylation is 1. The van der Waals surface area contributed by atoms with Crippen LogP contribution in [0, 0.1) is 6.92 Å². The van der Waals surface area contributed by atoms with Crippen molar-refractivity contribution in [3.05, 3.63) is 47.5 Å². The number of carbonyl (C=O) groups excluding carboxylic acids is 1. The topological polar surface area (TPSA) is 97.8 Å². The van der Waals surface area contributed by atoms with Crippen molar-refractivity contribution in [1.29, 1.82) is 0 Å². The summed E-state index contributed by atoms with van der Waals surface area (Å²) in [6.07, 6.45) is 6.84. The SMILES string of the molecule is Cc1ccc(C2CCCCC2)c(OC2(C(=O)NS(=O)(=O)c3cccc(N4CCO[C@@H](C)C4)n3)CC2)c1. The lowest BCUT2D eigenvalue weighted by molar-refractivity contribution is -0.128. The molecule has 5 rings (SSSR count). The zero-order valence-corrected chi connectivity index (χ0v) is 21.9. The Hall–Kier alpha value is -2.65. The first-order chi connectivity index (χ1) is 17.3. The molecule has 36 heavy (non-hydrogen) atoms. The van der Waals surface area contributed by atoms with Gasteiger partial charge in [-0.2, -0.15) is 8.42 Å². The van der Waals surface area contributed by atoms with E-state index in [2.05, 4.69) is 21.8 Å². The number of carbonyl (C=O) groups is 1. The van der Waals surface area contributed by atoms with Crippen molar-refractivity contribution in [1.82, 2.24) is 9.71 Å². The molecular formula is C27H35N3O5S. The van der Waals surface area contributed by atoms with Gasteiger partial charge in [-0.3, -0.25) is 4.79 Å². The molecule has 0 spiro atoms. The summed E-state index contributed by atoms with van der Waals surface area (Å²) in [5.41, 5.74) is 1.00. The standard InChI is InChI=1S/C27H35N3O5S/c1-19-11-12-22(21-7-4-3-5-8-21)23(17-19)35-27(13-14-27)26(31)29-36(32,33)25-10-6-9-24(28-25)30-15-16-34-20(2)18-30/h6,9-12,17,20-21H,3-5,7-8,13-16,18H2,1-2H3,(H,29,31)/t20-/m0/s1. The van der Waals surface area contributed by atoms with Gasteiger partial charge >= 0.3 is 0 Å². The average molecular weight is 514 g/mol. The highest BCUT2D eigenvalue weighted by atomic mass is 32.2. The highest BCUT2D eigenvalue weighted by Crippen LogP contribution is 2.45. The van der Waals surface area contributed by atoms with Crippen molar-refractivity contribution in [2.45, 2.75) is 81.4 Å². The first kappa shape index (κ1) is 25.0. The van der Waals surface area contributed by atoms with E-state index in [9.17, 15) is 13.2 Å². The van der Waals surface area contributed by atoms with E-state index in [0.717, 1.165) is 24.0 Å². The van der Waals surface area contributed by atoms with Crippen LogP contribution in [0.25, 0.3) is 0 Å². The normalized spacial score (nSPS) is 22.2. The van der Waals surface area contributed by atoms with E-state index in [1.165, 1.54) is 25.3 Å². The van der Waals surface area contributed by atoms with Gasteiger partial charge in [-0.1, -0.05) is 37.5 Å². The van der Waals surface area contributed by atoms with Crippen LogP contribution in [-0.2, 0) is 19.6 Å². The maximum Gasteiger partial charge on any atom is 0.281 e. The van der Waals surface area contributed by atoms with Gasteiger partial charge in [0.05, 0.1) is 12.7 Å². The average Bonchev–Trinajstić information content (AvgIpc) is 3.65. The smallest absolute Gasteiger partial charge is 0.281 e. The van der Waals surface area contributed by atoms with Crippen LogP contribution in [0.5, 0.6) is 5.75 Å². The molecule has 2 heterocycles. The van der Waals surface area contributed by atoms with Crippen LogP contribution in [0.15, 0.2) is 41.4 Å². The number of hydrogen-bond donors (Lipinski definition) is 1. The lowest BCUT2D eigenvalue weighted by atomic mass is 9.83. The monoisotopic (exact) mass is 513 g/mol. The predicted octanol–water partition coefficient (Wildman–Crippen LogP) is 4.08. The molecule has 2 aromatic rings. The first-order valence-electron chi connectivity index (χ1n) is 13.0. The van der Waals surface area contributed by atoms with Crippen LogP contribution < -0.4 is 14.4 Å². The molecule has 2 saturated carbocycles. The van der Waals surface area contributed by atoms with E-state index in [0.29, 0.717) is 50.0 Å². The molecule has 3 fully saturated rings. The predicted molar refractivity (Wildman–Crippen MR) is 137 cm³/mol. The number of anilines is 1. The van der Waals surface area contributed by atoms with Crippen molar-refractivity contribution in [2.75, 3.05) is 24.6 Å². The summed E-state index contributed by atoms with van der Waals surface area (Å²) >= 11 is 0. The largest absolute Gasteiger partial charge is 0.477 e. The van der Waals surface area contributed by atoms with Gasteiger partial charge in [-0.05, 0) is 61.9 Å². The molecule has 194 valence electrons. The molecule has 3 aliphatic rings. The highest BCUT2D eigenvalue weighted by molar-refractivity contribution is 7.90. The number of nitrogens with zero attached hydrogens (tertiary/aromatic N) is 2. The second kappa shape index (κ2) is 10.0. The molecular weight excluding hydrogens is 478 g/mol. The molecule has 9 heteroatoms. The summed E-state index contributed by atoms with van der Waals surface area (Å²) in [6.45, 7) is 5.77. The van der Waals surface area contributed by atoms with Crippen molar-refractivity contribution in [3.63, 3.8) is 0 Å². The minimum Gasteiger partial charge on any atom is -0.477 e. The summed E-state index contributed by atoms with van der Waals surface area (Å²) < 4.78 is 40.4. The van der Waals surface area contributed by atoms with E-state index in [-0.39, 0.29) is 11.1 Å². The van der Waals surface area contributed by atoms with E-state index in [1.54, 1.807) is 12.1 Å². The van der Waals surface area contributed by atoms with E-state index >= 15 is 0 Å². The quantitative estimate of drug-likeness (QED) is 0.596. The molecule has 0 bridgehead atoms. The second-order valence-corrected chi connectivity index (χ2v) is 12.0. The maximum atomic E-state index is 13.3. The highest BCUT2D eigenvalue weighted by Gasteiger charge is 2.54. The van der Waals surface area contributed by atoms with Gasteiger partial charge < -0.3 is 14.4 Å². The molecule has 1 atom stereocenters. The van der Waals surface area contributed by atoms with Crippen molar-refractivity contribution >= 4 is 21.7 Å². The number of hydrogen-bond acceptors (Lipinski definition) is 7. The van der Waals surface area contributed by atoms with Gasteiger partial charge in [0.1, 0.15) is 11.6 Å². The molecule has 8 nitrogen and oxygen atoms in total. The van der Waals surface area contributed by atoms with Gasteiger partial charge in [-0.15, -0.1) is 0 Å². The third kappa shape index (κ3) is 5.37. The molecule has 0 radical (unpaired) electrons. The Labute approximate surface area is 213 Å². The Bertz CT molecular complexity index is 1220. The van der Waals surface area contributed by atoms with E-state index in [1.807, 2.05) is 24.8 Å². The fraction of sp³-hybridized carbons (Fsp3) is 0.556. The summed E-state index contributed by atoms with van der Waals surface area (Å²) in [5.74, 6) is 1.03. The fourth-order valence-electron chi connectivity index (χ4n) is 5.20. The number of amides is 1. The van der Waals surface area contributed by atoms with Crippen LogP contribution in [0.4, 0.5) is 5.82 Å². The van der Waals surface area contributed by atoms with Gasteiger partial charge in [0, 0.05) is 25.9 Å². The summed E-state index contributed by atoms with van der Waals surface area (Å²) in [4.78, 5) is 19.6. The fourth-order valence-corrected chi connectivity index (χ4v) is 6.21. The zero-order chi connectivity index (χ0) is 25.3. The van der Waals surface area contributed by atoms with Gasteiger partial charge in [0.2, 0.25) is 0 Å². The third-order valence-corrected chi connectivity index (χ3v) is 8.65. The van der Waals surface area contributed by atoms with Gasteiger partial charge in [-0.25, -0.2) is 9.71 Å². The van der Waals surface area contributed by atoms with Crippen molar-refractivity contribution in [3.8, 4) is 5.75 Å². The second-order valence-electron chi connectivity index (χ2n) is 10.4. The first-order valence-corrected chi connectivity index (χ1v) is 14.4. The van der Waals surface area contributed by atoms with Crippen molar-refractivity contribution < 1.29 is 22.7 Å². The number of ether oxygens (including phenoxy) is 2. The Morgan fingerprint density at radius 2 is 1.94 bits per heavy atom. The summed E-state index contributed by atoms with van der Waals surface area (Å²) in [7, 11) is -4.16. The number of benzene rings is 1. The van der Waals surface area contributed by atoms with E-state index in [4.69, 9.17) is 9.47 Å². The molecule has 1 saturated heterocycles. The molecule has 1 amide bonds. The summed E-state index contributed by atoms with van der Waals surface area (Å²) in [6, 6.07) is 11.0. The Kier molecular flexibility index (Phi) is 6.96. The Morgan fingerprint density at radius 1 is 1.17 bits per heavy atom. The summed E-state index contributed by atoms with van der Waals surface area (Å²) in [5, 5.41) is -0.179. The number of aromatic nitrogens is 1. The third-order valence-electron chi connectivity index (χ3n) is 7.41. The van der Waals surface area contributed by atoms with Gasteiger partial charge in [0.15, 0.2) is 10.6 Å². The maximum absolute atomic E-state index is 13.3. The molecule has 1 N–H and O–H groups in total. The van der Waals surface area contributed by atoms with Crippen molar-refractivity contribution in [2.24, 2.45) is 0 Å². The number of nitrogens with one attached hydrogen (secondary N) is 1. The Morgan fingerprint density at radius 3 is 2.67 bits per heavy atom. The zero-order valence-electron chi connectivity index (χ0n) is 21.0. The Balaban J connectivity index is 1.32. The number of rotatable bonds is 7. The van der Waals surface area contributed by atoms with Crippen LogP contribution in [0.2, 0.25) is 0 Å². The molecule has 2 aliphatic carbocycles. The lowest BCUT2D eigenvalue weighted by Gasteiger charge is -2.32. The van der Waals surface area contributed by atoms with Crippen LogP contribution in [0.1, 0.15) is 68.9 Å². The number of sulfonamides is 1. The molecule has 1 aromatic carbocycles.